The molecular formula is C23H29N3O2. The molecule has 2 heterocycles. The minimum Gasteiger partial charge on any atom is -0.339 e. The van der Waals surface area contributed by atoms with E-state index in [1.54, 1.807) is 0 Å². The van der Waals surface area contributed by atoms with Crippen LogP contribution in [0.2, 0.25) is 0 Å². The molecule has 1 saturated carbocycles. The lowest BCUT2D eigenvalue weighted by molar-refractivity contribution is -0.136. The van der Waals surface area contributed by atoms with Crippen molar-refractivity contribution >= 4 is 22.7 Å². The van der Waals surface area contributed by atoms with Gasteiger partial charge in [-0.1, -0.05) is 44.9 Å². The van der Waals surface area contributed by atoms with E-state index < -0.39 is 0 Å². The van der Waals surface area contributed by atoms with Crippen molar-refractivity contribution in [2.24, 2.45) is 5.92 Å². The fourth-order valence-electron chi connectivity index (χ4n) is 4.40. The Hall–Kier alpha value is -2.43. The summed E-state index contributed by atoms with van der Waals surface area (Å²) < 4.78 is 0. The molecule has 5 nitrogen and oxygen atoms in total. The number of amides is 2. The van der Waals surface area contributed by atoms with E-state index in [-0.39, 0.29) is 17.7 Å². The second kappa shape index (κ2) is 7.90. The van der Waals surface area contributed by atoms with E-state index in [2.05, 4.69) is 13.8 Å². The molecule has 0 bridgehead atoms. The van der Waals surface area contributed by atoms with Crippen LogP contribution in [0, 0.1) is 5.92 Å². The largest absolute Gasteiger partial charge is 0.339 e. The van der Waals surface area contributed by atoms with Gasteiger partial charge in [0.1, 0.15) is 0 Å². The molecule has 2 fully saturated rings. The van der Waals surface area contributed by atoms with Gasteiger partial charge in [-0.05, 0) is 30.9 Å². The van der Waals surface area contributed by atoms with Crippen molar-refractivity contribution in [3.63, 3.8) is 0 Å². The van der Waals surface area contributed by atoms with Crippen LogP contribution in [0.25, 0.3) is 10.9 Å². The predicted molar refractivity (Wildman–Crippen MR) is 110 cm³/mol. The Labute approximate surface area is 166 Å². The minimum atomic E-state index is 0.0495. The van der Waals surface area contributed by atoms with Crippen molar-refractivity contribution < 1.29 is 9.59 Å². The Morgan fingerprint density at radius 1 is 1.00 bits per heavy atom. The number of aromatic nitrogens is 1. The summed E-state index contributed by atoms with van der Waals surface area (Å²) in [6, 6.07) is 9.80. The smallest absolute Gasteiger partial charge is 0.254 e. The van der Waals surface area contributed by atoms with Crippen LogP contribution >= 0.6 is 0 Å². The molecule has 0 spiro atoms. The van der Waals surface area contributed by atoms with Gasteiger partial charge >= 0.3 is 0 Å². The number of hydrogen-bond donors (Lipinski definition) is 0. The summed E-state index contributed by atoms with van der Waals surface area (Å²) in [5.41, 5.74) is 2.54. The van der Waals surface area contributed by atoms with E-state index in [1.807, 2.05) is 40.1 Å². The fraction of sp³-hybridized carbons (Fsp3) is 0.522. The monoisotopic (exact) mass is 379 g/mol. The Morgan fingerprint density at radius 2 is 1.64 bits per heavy atom. The molecule has 148 valence electrons. The van der Waals surface area contributed by atoms with Gasteiger partial charge in [-0.25, -0.2) is 0 Å². The van der Waals surface area contributed by atoms with Crippen LogP contribution in [0.4, 0.5) is 0 Å². The number of para-hydroxylation sites is 1. The molecule has 0 N–H and O–H groups in total. The molecule has 1 aliphatic carbocycles. The Balaban J connectivity index is 1.52. The molecule has 2 aliphatic rings. The van der Waals surface area contributed by atoms with Crippen molar-refractivity contribution in [3.05, 3.63) is 41.6 Å². The molecule has 2 aromatic rings. The summed E-state index contributed by atoms with van der Waals surface area (Å²) in [7, 11) is 0. The summed E-state index contributed by atoms with van der Waals surface area (Å²) >= 11 is 0. The number of carbonyl (C=O) groups is 2. The summed E-state index contributed by atoms with van der Waals surface area (Å²) in [5, 5.41) is 0.904. The number of nitrogens with zero attached hydrogens (tertiary/aromatic N) is 3. The van der Waals surface area contributed by atoms with Gasteiger partial charge in [0.25, 0.3) is 5.91 Å². The fourth-order valence-corrected chi connectivity index (χ4v) is 4.40. The molecule has 28 heavy (non-hydrogen) atoms. The van der Waals surface area contributed by atoms with Crippen molar-refractivity contribution in [2.45, 2.75) is 45.4 Å². The summed E-state index contributed by atoms with van der Waals surface area (Å²) in [6.07, 6.45) is 4.39. The predicted octanol–water partition coefficient (Wildman–Crippen LogP) is 3.83. The molecule has 1 aromatic carbocycles. The molecule has 0 unspecified atom stereocenters. The van der Waals surface area contributed by atoms with Gasteiger partial charge in [-0.3, -0.25) is 14.6 Å². The lowest BCUT2D eigenvalue weighted by Crippen LogP contribution is -2.51. The minimum absolute atomic E-state index is 0.0495. The first-order valence-corrected chi connectivity index (χ1v) is 10.5. The van der Waals surface area contributed by atoms with E-state index in [4.69, 9.17) is 4.98 Å². The second-order valence-corrected chi connectivity index (χ2v) is 8.37. The summed E-state index contributed by atoms with van der Waals surface area (Å²) in [6.45, 7) is 6.68. The van der Waals surface area contributed by atoms with Crippen LogP contribution in [0.15, 0.2) is 30.3 Å². The van der Waals surface area contributed by atoms with E-state index in [9.17, 15) is 9.59 Å². The normalized spacial score (nSPS) is 18.2. The van der Waals surface area contributed by atoms with Gasteiger partial charge in [0.15, 0.2) is 0 Å². The SMILES string of the molecule is CC(C)c1cc(C(=O)N2CCN(C(=O)C3CCCC3)CC2)c2ccccc2n1. The molecule has 0 atom stereocenters. The van der Waals surface area contributed by atoms with Crippen LogP contribution in [0.1, 0.15) is 61.5 Å². The third-order valence-electron chi connectivity index (χ3n) is 6.14. The van der Waals surface area contributed by atoms with E-state index in [0.717, 1.165) is 35.0 Å². The molecule has 1 aliphatic heterocycles. The average molecular weight is 380 g/mol. The zero-order valence-corrected chi connectivity index (χ0v) is 16.9. The first kappa shape index (κ1) is 18.9. The quantitative estimate of drug-likeness (QED) is 0.814. The maximum atomic E-state index is 13.3. The van der Waals surface area contributed by atoms with E-state index >= 15 is 0 Å². The molecule has 1 aromatic heterocycles. The number of benzene rings is 1. The highest BCUT2D eigenvalue weighted by molar-refractivity contribution is 6.06. The van der Waals surface area contributed by atoms with Crippen LogP contribution < -0.4 is 0 Å². The van der Waals surface area contributed by atoms with Crippen LogP contribution in [0.3, 0.4) is 0 Å². The first-order valence-electron chi connectivity index (χ1n) is 10.5. The first-order chi connectivity index (χ1) is 13.5. The molecular weight excluding hydrogens is 350 g/mol. The standard InChI is InChI=1S/C23H29N3O2/c1-16(2)21-15-19(18-9-5-6-10-20(18)24-21)23(28)26-13-11-25(12-14-26)22(27)17-7-3-4-8-17/h5-6,9-10,15-17H,3-4,7-8,11-14H2,1-2H3. The van der Waals surface area contributed by atoms with Gasteiger partial charge in [-0.15, -0.1) is 0 Å². The molecule has 4 rings (SSSR count). The van der Waals surface area contributed by atoms with Gasteiger partial charge in [0, 0.05) is 43.2 Å². The topological polar surface area (TPSA) is 53.5 Å². The Morgan fingerprint density at radius 3 is 2.32 bits per heavy atom. The second-order valence-electron chi connectivity index (χ2n) is 8.37. The lowest BCUT2D eigenvalue weighted by atomic mass is 10.0. The zero-order valence-electron chi connectivity index (χ0n) is 16.9. The average Bonchev–Trinajstić information content (AvgIpc) is 3.27. The van der Waals surface area contributed by atoms with Gasteiger partial charge < -0.3 is 9.80 Å². The highest BCUT2D eigenvalue weighted by Crippen LogP contribution is 2.28. The van der Waals surface area contributed by atoms with Gasteiger partial charge in [0.2, 0.25) is 5.91 Å². The van der Waals surface area contributed by atoms with Crippen LogP contribution in [-0.2, 0) is 4.79 Å². The van der Waals surface area contributed by atoms with Crippen molar-refractivity contribution in [3.8, 4) is 0 Å². The van der Waals surface area contributed by atoms with Crippen molar-refractivity contribution in [1.29, 1.82) is 0 Å². The summed E-state index contributed by atoms with van der Waals surface area (Å²) in [4.78, 5) is 34.5. The van der Waals surface area contributed by atoms with Crippen molar-refractivity contribution in [1.82, 2.24) is 14.8 Å². The van der Waals surface area contributed by atoms with E-state index in [0.29, 0.717) is 32.1 Å². The van der Waals surface area contributed by atoms with Gasteiger partial charge in [0.05, 0.1) is 11.1 Å². The number of pyridine rings is 1. The van der Waals surface area contributed by atoms with Crippen LogP contribution in [-0.4, -0.2) is 52.8 Å². The highest BCUT2D eigenvalue weighted by Gasteiger charge is 2.31. The number of piperazine rings is 1. The lowest BCUT2D eigenvalue weighted by Gasteiger charge is -2.36. The maximum absolute atomic E-state index is 13.3. The summed E-state index contributed by atoms with van der Waals surface area (Å²) in [5.74, 6) is 0.812. The third-order valence-corrected chi connectivity index (χ3v) is 6.14. The third kappa shape index (κ3) is 3.62. The molecule has 5 heteroatoms. The molecule has 1 saturated heterocycles. The van der Waals surface area contributed by atoms with Crippen molar-refractivity contribution in [2.75, 3.05) is 26.2 Å². The maximum Gasteiger partial charge on any atom is 0.254 e. The van der Waals surface area contributed by atoms with Crippen LogP contribution in [0.5, 0.6) is 0 Å². The Bertz CT molecular complexity index is 879. The van der Waals surface area contributed by atoms with E-state index in [1.165, 1.54) is 12.8 Å². The number of rotatable bonds is 3. The number of carbonyl (C=O) groups excluding carboxylic acids is 2. The molecule has 2 amide bonds. The van der Waals surface area contributed by atoms with Gasteiger partial charge in [-0.2, -0.15) is 0 Å². The molecule has 0 radical (unpaired) electrons. The number of fused-ring (bicyclic) bond motifs is 1. The zero-order chi connectivity index (χ0) is 19.7. The number of hydrogen-bond acceptors (Lipinski definition) is 3. The highest BCUT2D eigenvalue weighted by atomic mass is 16.2. The Kier molecular flexibility index (Phi) is 5.33.